The second-order valence-electron chi connectivity index (χ2n) is 20.8. The quantitative estimate of drug-likeness (QED) is 0.113. The minimum absolute atomic E-state index is 0.0239. The molecule has 6 atom stereocenters. The van der Waals surface area contributed by atoms with Crippen LogP contribution >= 0.6 is 0 Å². The Bertz CT molecular complexity index is 2030. The van der Waals surface area contributed by atoms with Crippen molar-refractivity contribution >= 4 is 29.5 Å². The second kappa shape index (κ2) is 24.4. The molecule has 2 aromatic rings. The minimum Gasteiger partial charge on any atom is -0.342 e. The molecule has 0 spiro atoms. The van der Waals surface area contributed by atoms with Gasteiger partial charge in [-0.15, -0.1) is 0 Å². The number of hydroxylamine groups is 2. The highest BCUT2D eigenvalue weighted by Gasteiger charge is 2.44. The number of hydrogen-bond donors (Lipinski definition) is 4. The number of carbonyl (C=O) groups is 5. The molecule has 1 aliphatic carbocycles. The van der Waals surface area contributed by atoms with Crippen molar-refractivity contribution < 1.29 is 28.8 Å². The van der Waals surface area contributed by atoms with E-state index < -0.39 is 47.3 Å². The van der Waals surface area contributed by atoms with Crippen LogP contribution in [0.1, 0.15) is 117 Å². The average molecular weight is 925 g/mol. The van der Waals surface area contributed by atoms with E-state index in [-0.39, 0.29) is 29.5 Å². The van der Waals surface area contributed by atoms with Crippen molar-refractivity contribution in [2.24, 2.45) is 10.8 Å². The van der Waals surface area contributed by atoms with Crippen LogP contribution in [-0.4, -0.2) is 126 Å². The molecule has 5 amide bonds. The van der Waals surface area contributed by atoms with Crippen LogP contribution in [0.5, 0.6) is 0 Å². The lowest BCUT2D eigenvalue weighted by molar-refractivity contribution is -0.239. The molecule has 0 bridgehead atoms. The Balaban J connectivity index is 1.35. The molecule has 3 aliphatic rings. The number of carbonyl (C=O) groups excluding carboxylic acids is 5. The highest BCUT2D eigenvalue weighted by molar-refractivity contribution is 5.94. The molecule has 2 saturated heterocycles. The molecule has 4 N–H and O–H groups in total. The molecule has 0 radical (unpaired) electrons. The average Bonchev–Trinajstić information content (AvgIpc) is 4.00. The van der Waals surface area contributed by atoms with Gasteiger partial charge in [0.15, 0.2) is 6.23 Å². The van der Waals surface area contributed by atoms with Gasteiger partial charge in [-0.05, 0) is 101 Å². The summed E-state index contributed by atoms with van der Waals surface area (Å²) in [6, 6.07) is 15.5. The Hall–Kier alpha value is -4.89. The van der Waals surface area contributed by atoms with E-state index >= 15 is 0 Å². The summed E-state index contributed by atoms with van der Waals surface area (Å²) >= 11 is 0. The van der Waals surface area contributed by atoms with Crippen molar-refractivity contribution in [3.8, 4) is 0 Å². The summed E-state index contributed by atoms with van der Waals surface area (Å²) in [5.74, 6) is -0.781. The zero-order valence-electron chi connectivity index (χ0n) is 42.0. The maximum absolute atomic E-state index is 14.8. The van der Waals surface area contributed by atoms with Crippen molar-refractivity contribution in [1.29, 1.82) is 0 Å². The van der Waals surface area contributed by atoms with Crippen LogP contribution in [0.4, 0.5) is 0 Å². The Morgan fingerprint density at radius 2 is 1.25 bits per heavy atom. The number of hydrogen-bond acceptors (Lipinski definition) is 9. The van der Waals surface area contributed by atoms with Gasteiger partial charge in [-0.1, -0.05) is 120 Å². The molecule has 14 heteroatoms. The van der Waals surface area contributed by atoms with Gasteiger partial charge in [0.2, 0.25) is 29.5 Å². The van der Waals surface area contributed by atoms with Gasteiger partial charge < -0.3 is 36.0 Å². The SMILES string of the molecule is CN[C@@H](C)C(=O)N[C@H](ON1CCC[C@H]1C(=O)N(CCc1ccccc1)Cc1ccc(CN(CCC2=CC=CCC2)C(=O)[C@@H]2CCCN2C(=O)[C@@H](NC(=O)[C@H](C)NC)C(C)(C)C)cc1)C(C)(C)C. The van der Waals surface area contributed by atoms with E-state index in [9.17, 15) is 24.0 Å². The number of rotatable bonds is 21. The summed E-state index contributed by atoms with van der Waals surface area (Å²) in [6.45, 7) is 18.2. The van der Waals surface area contributed by atoms with E-state index in [1.165, 1.54) is 5.57 Å². The summed E-state index contributed by atoms with van der Waals surface area (Å²) in [7, 11) is 3.45. The number of benzene rings is 2. The zero-order chi connectivity index (χ0) is 48.9. The van der Waals surface area contributed by atoms with Crippen LogP contribution in [0, 0.1) is 10.8 Å². The third kappa shape index (κ3) is 15.1. The first-order valence-corrected chi connectivity index (χ1v) is 24.5. The van der Waals surface area contributed by atoms with Crippen LogP contribution in [0.15, 0.2) is 78.4 Å². The number of amides is 5. The molecule has 2 aromatic carbocycles. The predicted molar refractivity (Wildman–Crippen MR) is 264 cm³/mol. The molecule has 368 valence electrons. The van der Waals surface area contributed by atoms with Gasteiger partial charge in [0.1, 0.15) is 18.1 Å². The molecule has 14 nitrogen and oxygen atoms in total. The summed E-state index contributed by atoms with van der Waals surface area (Å²) in [5.41, 5.74) is 3.32. The van der Waals surface area contributed by atoms with Gasteiger partial charge in [0, 0.05) is 44.7 Å². The molecule has 0 aromatic heterocycles. The van der Waals surface area contributed by atoms with Crippen LogP contribution in [-0.2, 0) is 48.3 Å². The van der Waals surface area contributed by atoms with Gasteiger partial charge in [-0.25, -0.2) is 0 Å². The number of nitrogens with zero attached hydrogens (tertiary/aromatic N) is 4. The molecule has 67 heavy (non-hydrogen) atoms. The monoisotopic (exact) mass is 925 g/mol. The standard InChI is InChI=1S/C53H80N8O6/c1-37(54-9)46(62)56-45(52(3,4)5)50(66)60-31-17-23-43(60)48(64)58(33-29-39-19-13-11-14-20-39)35-41-25-27-42(28-26-41)36-59(34-30-40-21-15-12-16-22-40)49(65)44-24-18-32-61(44)67-51(53(6,7)8)57-47(63)38(2)55-10/h11-13,15-16,19,21-22,25-28,37-38,43-45,51,54-55H,14,17-18,20,23-24,29-36H2,1-10H3,(H,56,62)(H,57,63)/t37-,38-,43-,44-,45+,51+/m0/s1. The number of likely N-dealkylation sites (N-methyl/N-ethyl adjacent to an activating group) is 2. The smallest absolute Gasteiger partial charge is 0.246 e. The lowest BCUT2D eigenvalue weighted by atomic mass is 9.85. The topological polar surface area (TPSA) is 156 Å². The van der Waals surface area contributed by atoms with Crippen molar-refractivity contribution in [2.75, 3.05) is 40.3 Å². The molecule has 2 heterocycles. The van der Waals surface area contributed by atoms with E-state index in [1.54, 1.807) is 37.9 Å². The highest BCUT2D eigenvalue weighted by atomic mass is 16.7. The molecular weight excluding hydrogens is 845 g/mol. The number of allylic oxidation sites excluding steroid dienone is 3. The van der Waals surface area contributed by atoms with Crippen LogP contribution in [0.3, 0.4) is 0 Å². The van der Waals surface area contributed by atoms with Gasteiger partial charge >= 0.3 is 0 Å². The third-order valence-electron chi connectivity index (χ3n) is 13.4. The fourth-order valence-electron chi connectivity index (χ4n) is 8.73. The molecular formula is C53H80N8O6. The largest absolute Gasteiger partial charge is 0.342 e. The third-order valence-corrected chi connectivity index (χ3v) is 13.4. The van der Waals surface area contributed by atoms with Gasteiger partial charge in [-0.3, -0.25) is 28.8 Å². The van der Waals surface area contributed by atoms with Gasteiger partial charge in [-0.2, -0.15) is 5.06 Å². The molecule has 0 unspecified atom stereocenters. The number of nitrogens with one attached hydrogen (secondary N) is 4. The van der Waals surface area contributed by atoms with E-state index in [2.05, 4.69) is 51.6 Å². The summed E-state index contributed by atoms with van der Waals surface area (Å²) in [5, 5.41) is 13.7. The van der Waals surface area contributed by atoms with Crippen molar-refractivity contribution in [3.05, 3.63) is 95.1 Å². The summed E-state index contributed by atoms with van der Waals surface area (Å²) in [4.78, 5) is 81.8. The summed E-state index contributed by atoms with van der Waals surface area (Å²) < 4.78 is 0. The van der Waals surface area contributed by atoms with E-state index in [4.69, 9.17) is 4.84 Å². The Morgan fingerprint density at radius 3 is 1.81 bits per heavy atom. The maximum atomic E-state index is 14.8. The maximum Gasteiger partial charge on any atom is 0.246 e. The van der Waals surface area contributed by atoms with Crippen molar-refractivity contribution in [2.45, 2.75) is 156 Å². The highest BCUT2D eigenvalue weighted by Crippen LogP contribution is 2.30. The van der Waals surface area contributed by atoms with Crippen molar-refractivity contribution in [3.63, 3.8) is 0 Å². The first kappa shape index (κ1) is 53.1. The Kier molecular flexibility index (Phi) is 19.3. The van der Waals surface area contributed by atoms with Gasteiger partial charge in [0.05, 0.1) is 12.1 Å². The van der Waals surface area contributed by atoms with Crippen LogP contribution in [0.25, 0.3) is 0 Å². The Morgan fingerprint density at radius 1 is 0.701 bits per heavy atom. The molecule has 2 fully saturated rings. The van der Waals surface area contributed by atoms with E-state index in [1.807, 2.05) is 93.8 Å². The fourth-order valence-corrected chi connectivity index (χ4v) is 8.73. The zero-order valence-corrected chi connectivity index (χ0v) is 42.0. The van der Waals surface area contributed by atoms with Crippen LogP contribution in [0.2, 0.25) is 0 Å². The summed E-state index contributed by atoms with van der Waals surface area (Å²) in [6.07, 6.45) is 11.8. The molecule has 5 rings (SSSR count). The predicted octanol–water partition coefficient (Wildman–Crippen LogP) is 5.88. The first-order valence-electron chi connectivity index (χ1n) is 24.5. The molecule has 2 aliphatic heterocycles. The second-order valence-corrected chi connectivity index (χ2v) is 20.8. The fraction of sp³-hybridized carbons (Fsp3) is 0.604. The lowest BCUT2D eigenvalue weighted by Gasteiger charge is -2.37. The van der Waals surface area contributed by atoms with Gasteiger partial charge in [0.25, 0.3) is 0 Å². The normalized spacial score (nSPS) is 19.6. The number of likely N-dealkylation sites (tertiary alicyclic amines) is 1. The Labute approximate surface area is 400 Å². The van der Waals surface area contributed by atoms with E-state index in [0.29, 0.717) is 65.0 Å². The van der Waals surface area contributed by atoms with Crippen molar-refractivity contribution in [1.82, 2.24) is 41.0 Å². The molecule has 0 saturated carbocycles. The van der Waals surface area contributed by atoms with E-state index in [0.717, 1.165) is 42.4 Å². The lowest BCUT2D eigenvalue weighted by Crippen LogP contribution is -2.59. The minimum atomic E-state index is -0.798. The van der Waals surface area contributed by atoms with Crippen LogP contribution < -0.4 is 21.3 Å². The first-order chi connectivity index (χ1) is 31.8.